The second kappa shape index (κ2) is 4.13. The molecule has 0 spiro atoms. The molecule has 4 heteroatoms. The van der Waals surface area contributed by atoms with Crippen LogP contribution in [0.1, 0.15) is 23.5 Å². The second-order valence-electron chi connectivity index (χ2n) is 4.83. The van der Waals surface area contributed by atoms with Crippen LogP contribution in [0.2, 0.25) is 0 Å². The maximum absolute atomic E-state index is 9.35. The highest BCUT2D eigenvalue weighted by Gasteiger charge is 2.69. The molecule has 0 N–H and O–H groups in total. The smallest absolute Gasteiger partial charge is 0.182 e. The van der Waals surface area contributed by atoms with Crippen molar-refractivity contribution in [3.63, 3.8) is 0 Å². The van der Waals surface area contributed by atoms with Gasteiger partial charge in [0.2, 0.25) is 0 Å². The van der Waals surface area contributed by atoms with Gasteiger partial charge in [0, 0.05) is 5.92 Å². The summed E-state index contributed by atoms with van der Waals surface area (Å²) in [5.74, 6) is -0.387. The lowest BCUT2D eigenvalue weighted by Crippen LogP contribution is -2.54. The summed E-state index contributed by atoms with van der Waals surface area (Å²) in [7, 11) is 0. The van der Waals surface area contributed by atoms with Gasteiger partial charge in [-0.3, -0.25) is 0 Å². The number of nitrogens with zero attached hydrogens (tertiary/aromatic N) is 4. The van der Waals surface area contributed by atoms with Crippen LogP contribution in [0, 0.1) is 63.1 Å². The summed E-state index contributed by atoms with van der Waals surface area (Å²) in [4.78, 5) is 0. The second-order valence-corrected chi connectivity index (χ2v) is 4.83. The van der Waals surface area contributed by atoms with E-state index in [2.05, 4.69) is 0 Å². The molecule has 1 atom stereocenters. The summed E-state index contributed by atoms with van der Waals surface area (Å²) in [6.45, 7) is 1.95. The molecule has 0 saturated heterocycles. The van der Waals surface area contributed by atoms with E-state index in [1.165, 1.54) is 0 Å². The van der Waals surface area contributed by atoms with Crippen molar-refractivity contribution < 1.29 is 0 Å². The standard InChI is InChI=1S/C15H10N4/c1-11-2-4-12(5-3-11)13-6-14(7-16,8-17)15(13,9-18)10-19/h2-5,13H,6H2,1H3. The fourth-order valence-corrected chi connectivity index (χ4v) is 2.62. The van der Waals surface area contributed by atoms with Crippen LogP contribution < -0.4 is 0 Å². The lowest BCUT2D eigenvalue weighted by molar-refractivity contribution is 0.0941. The molecule has 4 nitrogen and oxygen atoms in total. The molecule has 2 rings (SSSR count). The van der Waals surface area contributed by atoms with Gasteiger partial charge in [-0.25, -0.2) is 0 Å². The zero-order valence-electron chi connectivity index (χ0n) is 10.4. The van der Waals surface area contributed by atoms with Crippen molar-refractivity contribution in [2.45, 2.75) is 19.3 Å². The molecule has 0 radical (unpaired) electrons. The maximum Gasteiger partial charge on any atom is 0.182 e. The Morgan fingerprint density at radius 1 is 0.947 bits per heavy atom. The largest absolute Gasteiger partial charge is 0.196 e. The first kappa shape index (κ1) is 12.6. The first-order valence-electron chi connectivity index (χ1n) is 5.80. The van der Waals surface area contributed by atoms with Crippen molar-refractivity contribution in [3.8, 4) is 24.3 Å². The molecule has 1 aromatic carbocycles. The summed E-state index contributed by atoms with van der Waals surface area (Å²) in [6.07, 6.45) is 0.226. The molecule has 1 aliphatic carbocycles. The zero-order valence-corrected chi connectivity index (χ0v) is 10.4. The Hall–Kier alpha value is -2.82. The summed E-state index contributed by atoms with van der Waals surface area (Å²) in [6, 6.07) is 15.0. The summed E-state index contributed by atoms with van der Waals surface area (Å²) in [5.41, 5.74) is -1.19. The average Bonchev–Trinajstić information content (AvgIpc) is 2.43. The van der Waals surface area contributed by atoms with Crippen LogP contribution in [0.25, 0.3) is 0 Å². The Balaban J connectivity index is 2.51. The number of hydrogen-bond acceptors (Lipinski definition) is 4. The monoisotopic (exact) mass is 246 g/mol. The Bertz CT molecular complexity index is 645. The van der Waals surface area contributed by atoms with E-state index in [1.54, 1.807) is 0 Å². The van der Waals surface area contributed by atoms with Crippen LogP contribution in [0.4, 0.5) is 0 Å². The number of hydrogen-bond donors (Lipinski definition) is 0. The van der Waals surface area contributed by atoms with Crippen molar-refractivity contribution in [3.05, 3.63) is 35.4 Å². The van der Waals surface area contributed by atoms with Gasteiger partial charge in [-0.15, -0.1) is 0 Å². The molecule has 0 aromatic heterocycles. The fraction of sp³-hybridized carbons (Fsp3) is 0.333. The number of aryl methyl sites for hydroxylation is 1. The molecule has 0 amide bonds. The molecular formula is C15H10N4. The quantitative estimate of drug-likeness (QED) is 0.760. The van der Waals surface area contributed by atoms with Crippen molar-refractivity contribution in [1.29, 1.82) is 21.0 Å². The van der Waals surface area contributed by atoms with Gasteiger partial charge in [0.1, 0.15) is 0 Å². The van der Waals surface area contributed by atoms with Crippen LogP contribution in [0.15, 0.2) is 24.3 Å². The highest BCUT2D eigenvalue weighted by atomic mass is 14.7. The SMILES string of the molecule is Cc1ccc(C2CC(C#N)(C#N)C2(C#N)C#N)cc1. The Labute approximate surface area is 111 Å². The molecule has 0 heterocycles. The minimum Gasteiger partial charge on any atom is -0.196 e. The third kappa shape index (κ3) is 1.41. The molecule has 90 valence electrons. The van der Waals surface area contributed by atoms with Crippen LogP contribution in [-0.2, 0) is 0 Å². The summed E-state index contributed by atoms with van der Waals surface area (Å²) < 4.78 is 0. The van der Waals surface area contributed by atoms with Crippen LogP contribution in [0.3, 0.4) is 0 Å². The van der Waals surface area contributed by atoms with E-state index >= 15 is 0 Å². The first-order chi connectivity index (χ1) is 9.09. The van der Waals surface area contributed by atoms with Crippen LogP contribution in [-0.4, -0.2) is 0 Å². The van der Waals surface area contributed by atoms with Crippen molar-refractivity contribution in [2.75, 3.05) is 0 Å². The van der Waals surface area contributed by atoms with E-state index in [-0.39, 0.29) is 12.3 Å². The predicted octanol–water partition coefficient (Wildman–Crippen LogP) is 2.55. The fourth-order valence-electron chi connectivity index (χ4n) is 2.62. The van der Waals surface area contributed by atoms with Gasteiger partial charge in [-0.1, -0.05) is 29.8 Å². The van der Waals surface area contributed by atoms with E-state index in [0.717, 1.165) is 11.1 Å². The van der Waals surface area contributed by atoms with Gasteiger partial charge in [0.15, 0.2) is 10.8 Å². The Kier molecular flexibility index (Phi) is 2.75. The minimum absolute atomic E-state index is 0.226. The van der Waals surface area contributed by atoms with E-state index in [9.17, 15) is 10.5 Å². The number of rotatable bonds is 1. The Morgan fingerprint density at radius 3 is 1.89 bits per heavy atom. The molecule has 0 bridgehead atoms. The Morgan fingerprint density at radius 2 is 1.47 bits per heavy atom. The van der Waals surface area contributed by atoms with Gasteiger partial charge in [0.25, 0.3) is 0 Å². The topological polar surface area (TPSA) is 95.2 Å². The van der Waals surface area contributed by atoms with Gasteiger partial charge in [0.05, 0.1) is 24.3 Å². The number of nitriles is 4. The van der Waals surface area contributed by atoms with Crippen molar-refractivity contribution >= 4 is 0 Å². The number of benzene rings is 1. The average molecular weight is 246 g/mol. The van der Waals surface area contributed by atoms with Gasteiger partial charge in [-0.05, 0) is 18.9 Å². The maximum atomic E-state index is 9.35. The molecular weight excluding hydrogens is 236 g/mol. The lowest BCUT2D eigenvalue weighted by Gasteiger charge is -2.48. The summed E-state index contributed by atoms with van der Waals surface area (Å²) in [5, 5.41) is 37.0. The zero-order chi connectivity index (χ0) is 14.1. The molecule has 19 heavy (non-hydrogen) atoms. The summed E-state index contributed by atoms with van der Waals surface area (Å²) >= 11 is 0. The van der Waals surface area contributed by atoms with Crippen molar-refractivity contribution in [2.24, 2.45) is 10.8 Å². The first-order valence-corrected chi connectivity index (χ1v) is 5.80. The van der Waals surface area contributed by atoms with E-state index < -0.39 is 10.8 Å². The van der Waals surface area contributed by atoms with E-state index in [4.69, 9.17) is 10.5 Å². The van der Waals surface area contributed by atoms with E-state index in [1.807, 2.05) is 55.5 Å². The van der Waals surface area contributed by atoms with Crippen LogP contribution in [0.5, 0.6) is 0 Å². The van der Waals surface area contributed by atoms with Gasteiger partial charge in [-0.2, -0.15) is 21.0 Å². The lowest BCUT2D eigenvalue weighted by atomic mass is 9.44. The van der Waals surface area contributed by atoms with Gasteiger partial charge < -0.3 is 0 Å². The van der Waals surface area contributed by atoms with Gasteiger partial charge >= 0.3 is 0 Å². The molecule has 1 aliphatic rings. The highest BCUT2D eigenvalue weighted by molar-refractivity contribution is 5.48. The van der Waals surface area contributed by atoms with E-state index in [0.29, 0.717) is 0 Å². The molecule has 1 aromatic rings. The minimum atomic E-state index is -1.58. The molecule has 0 aliphatic heterocycles. The van der Waals surface area contributed by atoms with Crippen LogP contribution >= 0.6 is 0 Å². The highest BCUT2D eigenvalue weighted by Crippen LogP contribution is 2.64. The molecule has 1 unspecified atom stereocenters. The third-order valence-corrected chi connectivity index (χ3v) is 3.92. The van der Waals surface area contributed by atoms with Crippen molar-refractivity contribution in [1.82, 2.24) is 0 Å². The molecule has 1 fully saturated rings. The third-order valence-electron chi connectivity index (χ3n) is 3.92. The normalized spacial score (nSPS) is 21.8. The predicted molar refractivity (Wildman–Crippen MR) is 65.9 cm³/mol. The molecule has 1 saturated carbocycles.